The predicted molar refractivity (Wildman–Crippen MR) is 130 cm³/mol. The molecule has 2 aromatic carbocycles. The molecule has 8 heteroatoms. The first kappa shape index (κ1) is 24.7. The van der Waals surface area contributed by atoms with Gasteiger partial charge in [0.15, 0.2) is 5.54 Å². The van der Waals surface area contributed by atoms with Gasteiger partial charge < -0.3 is 25.6 Å². The second kappa shape index (κ2) is 10.5. The number of hydrogen-bond donors (Lipinski definition) is 4. The summed E-state index contributed by atoms with van der Waals surface area (Å²) in [5.41, 5.74) is 3.01. The van der Waals surface area contributed by atoms with E-state index in [1.54, 1.807) is 0 Å². The number of benzene rings is 2. The first-order chi connectivity index (χ1) is 16.8. The number of fused-ring (bicyclic) bond motifs is 3. The van der Waals surface area contributed by atoms with E-state index in [9.17, 15) is 24.6 Å². The van der Waals surface area contributed by atoms with E-state index in [2.05, 4.69) is 34.9 Å². The molecule has 0 aromatic heterocycles. The molecule has 1 unspecified atom stereocenters. The third-order valence-electron chi connectivity index (χ3n) is 7.28. The number of aliphatic hydroxyl groups is 1. The Morgan fingerprint density at radius 1 is 0.971 bits per heavy atom. The summed E-state index contributed by atoms with van der Waals surface area (Å²) in [4.78, 5) is 36.2. The second-order valence-corrected chi connectivity index (χ2v) is 9.71. The van der Waals surface area contributed by atoms with E-state index in [0.29, 0.717) is 19.4 Å². The van der Waals surface area contributed by atoms with E-state index in [1.807, 2.05) is 24.3 Å². The van der Waals surface area contributed by atoms with E-state index in [-0.39, 0.29) is 30.3 Å². The molecule has 0 heterocycles. The van der Waals surface area contributed by atoms with Crippen molar-refractivity contribution < 1.29 is 29.3 Å². The second-order valence-electron chi connectivity index (χ2n) is 9.71. The van der Waals surface area contributed by atoms with Gasteiger partial charge in [0, 0.05) is 18.4 Å². The van der Waals surface area contributed by atoms with Crippen LogP contribution in [-0.4, -0.2) is 53.5 Å². The molecule has 2 amide bonds. The van der Waals surface area contributed by atoms with Crippen LogP contribution in [0.2, 0.25) is 0 Å². The van der Waals surface area contributed by atoms with Crippen molar-refractivity contribution in [2.24, 2.45) is 11.8 Å². The van der Waals surface area contributed by atoms with Crippen LogP contribution < -0.4 is 10.6 Å². The molecule has 2 aliphatic carbocycles. The van der Waals surface area contributed by atoms with Crippen molar-refractivity contribution in [3.05, 3.63) is 59.7 Å². The van der Waals surface area contributed by atoms with Crippen molar-refractivity contribution >= 4 is 18.0 Å². The van der Waals surface area contributed by atoms with Crippen molar-refractivity contribution in [1.82, 2.24) is 10.6 Å². The van der Waals surface area contributed by atoms with E-state index < -0.39 is 24.2 Å². The van der Waals surface area contributed by atoms with Gasteiger partial charge in [-0.1, -0.05) is 48.5 Å². The zero-order valence-corrected chi connectivity index (χ0v) is 19.8. The maximum atomic E-state index is 12.5. The Morgan fingerprint density at radius 3 is 2.09 bits per heavy atom. The Labute approximate surface area is 204 Å². The normalized spacial score (nSPS) is 20.7. The van der Waals surface area contributed by atoms with Gasteiger partial charge in [-0.2, -0.15) is 0 Å². The van der Waals surface area contributed by atoms with Gasteiger partial charge in [0.2, 0.25) is 5.91 Å². The molecule has 4 N–H and O–H groups in total. The molecule has 35 heavy (non-hydrogen) atoms. The maximum absolute atomic E-state index is 12.5. The molecule has 0 radical (unpaired) electrons. The van der Waals surface area contributed by atoms with E-state index in [1.165, 1.54) is 29.2 Å². The fourth-order valence-corrected chi connectivity index (χ4v) is 5.04. The average molecular weight is 481 g/mol. The largest absolute Gasteiger partial charge is 0.479 e. The number of carboxylic acid groups (broad SMARTS) is 1. The number of hydrogen-bond acceptors (Lipinski definition) is 5. The summed E-state index contributed by atoms with van der Waals surface area (Å²) in [6, 6.07) is 16.4. The number of nitrogens with one attached hydrogen (secondary N) is 2. The fourth-order valence-electron chi connectivity index (χ4n) is 5.04. The number of carboxylic acids is 1. The SMILES string of the molecule is CC(CO)(NC(=O)C1CCC(CNC(=O)OCC2c3ccccc3-c3ccccc32)CC1)C(=O)O. The zero-order valence-electron chi connectivity index (χ0n) is 19.8. The van der Waals surface area contributed by atoms with E-state index in [0.717, 1.165) is 12.8 Å². The highest BCUT2D eigenvalue weighted by Gasteiger charge is 2.37. The number of amides is 2. The number of ether oxygens (including phenoxy) is 1. The minimum atomic E-state index is -1.68. The van der Waals surface area contributed by atoms with Crippen molar-refractivity contribution in [1.29, 1.82) is 0 Å². The average Bonchev–Trinajstić information content (AvgIpc) is 3.20. The Balaban J connectivity index is 1.22. The van der Waals surface area contributed by atoms with Crippen LogP contribution in [-0.2, 0) is 14.3 Å². The highest BCUT2D eigenvalue weighted by molar-refractivity contribution is 5.88. The molecule has 2 aromatic rings. The molecule has 4 rings (SSSR count). The first-order valence-corrected chi connectivity index (χ1v) is 12.1. The summed E-state index contributed by atoms with van der Waals surface area (Å²) in [5, 5.41) is 23.9. The Morgan fingerprint density at radius 2 is 1.54 bits per heavy atom. The fraction of sp³-hybridized carbons (Fsp3) is 0.444. The van der Waals surface area contributed by atoms with Crippen LogP contribution in [0.5, 0.6) is 0 Å². The van der Waals surface area contributed by atoms with Gasteiger partial charge >= 0.3 is 12.1 Å². The van der Waals surface area contributed by atoms with Crippen molar-refractivity contribution in [3.63, 3.8) is 0 Å². The van der Waals surface area contributed by atoms with Crippen molar-refractivity contribution in [2.45, 2.75) is 44.1 Å². The summed E-state index contributed by atoms with van der Waals surface area (Å²) >= 11 is 0. The standard InChI is InChI=1S/C27H32N2O6/c1-27(16-30,25(32)33)29-24(31)18-12-10-17(11-13-18)14-28-26(34)35-15-23-21-8-4-2-6-19(21)20-7-3-5-9-22(20)23/h2-9,17-18,23,30H,10-16H2,1H3,(H,28,34)(H,29,31)(H,32,33). The van der Waals surface area contributed by atoms with Crippen LogP contribution in [0.1, 0.15) is 49.7 Å². The lowest BCUT2D eigenvalue weighted by Gasteiger charge is -2.31. The molecular formula is C27H32N2O6. The highest BCUT2D eigenvalue weighted by Crippen LogP contribution is 2.44. The van der Waals surface area contributed by atoms with Gasteiger partial charge in [-0.15, -0.1) is 0 Å². The third kappa shape index (κ3) is 5.32. The molecule has 0 bridgehead atoms. The molecule has 1 atom stereocenters. The summed E-state index contributed by atoms with van der Waals surface area (Å²) in [5.74, 6) is -1.69. The van der Waals surface area contributed by atoms with Gasteiger partial charge in [-0.05, 0) is 60.8 Å². The van der Waals surface area contributed by atoms with Gasteiger partial charge in [-0.25, -0.2) is 9.59 Å². The quantitative estimate of drug-likeness (QED) is 0.460. The lowest BCUT2D eigenvalue weighted by Crippen LogP contribution is -2.56. The zero-order chi connectivity index (χ0) is 25.0. The molecular weight excluding hydrogens is 448 g/mol. The Bertz CT molecular complexity index is 1050. The molecule has 186 valence electrons. The van der Waals surface area contributed by atoms with Crippen molar-refractivity contribution in [3.8, 4) is 11.1 Å². The smallest absolute Gasteiger partial charge is 0.407 e. The summed E-state index contributed by atoms with van der Waals surface area (Å²) in [6.45, 7) is 1.35. The number of rotatable bonds is 8. The Kier molecular flexibility index (Phi) is 7.40. The number of alkyl carbamates (subject to hydrolysis) is 1. The monoisotopic (exact) mass is 480 g/mol. The number of aliphatic carboxylic acids is 1. The van der Waals surface area contributed by atoms with Crippen LogP contribution >= 0.6 is 0 Å². The van der Waals surface area contributed by atoms with Crippen LogP contribution in [0.4, 0.5) is 4.79 Å². The maximum Gasteiger partial charge on any atom is 0.407 e. The topological polar surface area (TPSA) is 125 Å². The number of carbonyl (C=O) groups excluding carboxylic acids is 2. The van der Waals surface area contributed by atoms with E-state index >= 15 is 0 Å². The van der Waals surface area contributed by atoms with Gasteiger partial charge in [0.1, 0.15) is 6.61 Å². The summed E-state index contributed by atoms with van der Waals surface area (Å²) in [6.07, 6.45) is 2.23. The lowest BCUT2D eigenvalue weighted by molar-refractivity contribution is -0.149. The number of aliphatic hydroxyl groups excluding tert-OH is 1. The third-order valence-corrected chi connectivity index (χ3v) is 7.28. The molecule has 8 nitrogen and oxygen atoms in total. The van der Waals surface area contributed by atoms with Gasteiger partial charge in [-0.3, -0.25) is 4.79 Å². The molecule has 2 aliphatic rings. The molecule has 1 saturated carbocycles. The van der Waals surface area contributed by atoms with E-state index in [4.69, 9.17) is 4.74 Å². The molecule has 0 spiro atoms. The summed E-state index contributed by atoms with van der Waals surface area (Å²) in [7, 11) is 0. The number of carbonyl (C=O) groups is 3. The van der Waals surface area contributed by atoms with Crippen LogP contribution in [0.25, 0.3) is 11.1 Å². The van der Waals surface area contributed by atoms with Crippen LogP contribution in [0.15, 0.2) is 48.5 Å². The minimum Gasteiger partial charge on any atom is -0.479 e. The van der Waals surface area contributed by atoms with Crippen LogP contribution in [0.3, 0.4) is 0 Å². The summed E-state index contributed by atoms with van der Waals surface area (Å²) < 4.78 is 5.59. The van der Waals surface area contributed by atoms with Crippen LogP contribution in [0, 0.1) is 11.8 Å². The molecule has 0 saturated heterocycles. The van der Waals surface area contributed by atoms with Gasteiger partial charge in [0.05, 0.1) is 6.61 Å². The predicted octanol–water partition coefficient (Wildman–Crippen LogP) is 3.28. The van der Waals surface area contributed by atoms with Gasteiger partial charge in [0.25, 0.3) is 0 Å². The molecule has 1 fully saturated rings. The Hall–Kier alpha value is -3.39. The first-order valence-electron chi connectivity index (χ1n) is 12.1. The molecule has 0 aliphatic heterocycles. The minimum absolute atomic E-state index is 0.0116. The lowest BCUT2D eigenvalue weighted by atomic mass is 9.81. The highest BCUT2D eigenvalue weighted by atomic mass is 16.5. The van der Waals surface area contributed by atoms with Crippen molar-refractivity contribution in [2.75, 3.05) is 19.8 Å².